The first-order valence-corrected chi connectivity index (χ1v) is 10.1. The Kier molecular flexibility index (Phi) is 9.17. The molecule has 2 rings (SSSR count). The lowest BCUT2D eigenvalue weighted by Gasteiger charge is -2.23. The van der Waals surface area contributed by atoms with E-state index in [1.807, 2.05) is 0 Å². The van der Waals surface area contributed by atoms with Gasteiger partial charge in [0.25, 0.3) is 0 Å². The number of sulfonamides is 1. The van der Waals surface area contributed by atoms with Crippen molar-refractivity contribution in [2.45, 2.75) is 37.6 Å². The highest BCUT2D eigenvalue weighted by atomic mass is 35.5. The van der Waals surface area contributed by atoms with E-state index in [0.29, 0.717) is 18.2 Å². The number of amides is 2. The molecule has 10 heteroatoms. The van der Waals surface area contributed by atoms with Gasteiger partial charge in [0.1, 0.15) is 0 Å². The summed E-state index contributed by atoms with van der Waals surface area (Å²) >= 11 is 0. The van der Waals surface area contributed by atoms with Crippen LogP contribution >= 0.6 is 12.4 Å². The predicted molar refractivity (Wildman–Crippen MR) is 106 cm³/mol. The standard InChI is InChI=1S/C17H26N4O4S.ClH/c1-12(17(23)19-11-14-4-3-9-18-10-14)21-26(24,25)16-7-5-15(6-8-16)20-13(2)22;/h5-8,12,14,18,21H,3-4,9-11H2,1-2H3,(H,19,23)(H,20,22);1H. The average molecular weight is 419 g/mol. The van der Waals surface area contributed by atoms with Crippen LogP contribution in [0.25, 0.3) is 0 Å². The maximum atomic E-state index is 12.4. The lowest BCUT2D eigenvalue weighted by atomic mass is 10.00. The Morgan fingerprint density at radius 3 is 2.48 bits per heavy atom. The van der Waals surface area contributed by atoms with Gasteiger partial charge >= 0.3 is 0 Å². The first-order chi connectivity index (χ1) is 12.3. The van der Waals surface area contributed by atoms with Crippen molar-refractivity contribution in [3.63, 3.8) is 0 Å². The highest BCUT2D eigenvalue weighted by Crippen LogP contribution is 2.14. The molecule has 2 amide bonds. The van der Waals surface area contributed by atoms with Gasteiger partial charge in [0, 0.05) is 19.2 Å². The van der Waals surface area contributed by atoms with Crippen LogP contribution < -0.4 is 20.7 Å². The average Bonchev–Trinajstić information content (AvgIpc) is 2.60. The summed E-state index contributed by atoms with van der Waals surface area (Å²) in [5, 5.41) is 8.65. The molecule has 1 heterocycles. The SMILES string of the molecule is CC(=O)Nc1ccc(S(=O)(=O)NC(C)C(=O)NCC2CCCNC2)cc1.Cl. The Balaban J connectivity index is 0.00000364. The molecular weight excluding hydrogens is 392 g/mol. The minimum absolute atomic E-state index is 0. The lowest BCUT2D eigenvalue weighted by Crippen LogP contribution is -2.47. The van der Waals surface area contributed by atoms with Crippen LogP contribution in [0.4, 0.5) is 5.69 Å². The Morgan fingerprint density at radius 1 is 1.26 bits per heavy atom. The van der Waals surface area contributed by atoms with Crippen LogP contribution in [0.15, 0.2) is 29.2 Å². The number of carbonyl (C=O) groups is 2. The summed E-state index contributed by atoms with van der Waals surface area (Å²) in [6, 6.07) is 4.87. The molecule has 152 valence electrons. The van der Waals surface area contributed by atoms with Gasteiger partial charge in [-0.25, -0.2) is 8.42 Å². The maximum Gasteiger partial charge on any atom is 0.241 e. The Bertz CT molecular complexity index is 734. The molecule has 0 radical (unpaired) electrons. The summed E-state index contributed by atoms with van der Waals surface area (Å²) in [5.41, 5.74) is 0.503. The zero-order valence-corrected chi connectivity index (χ0v) is 17.1. The number of hydrogen-bond donors (Lipinski definition) is 4. The van der Waals surface area contributed by atoms with Crippen molar-refractivity contribution in [3.8, 4) is 0 Å². The zero-order valence-electron chi connectivity index (χ0n) is 15.4. The number of hydrogen-bond acceptors (Lipinski definition) is 5. The first kappa shape index (κ1) is 23.4. The summed E-state index contributed by atoms with van der Waals surface area (Å²) in [7, 11) is -3.83. The van der Waals surface area contributed by atoms with Crippen molar-refractivity contribution in [1.82, 2.24) is 15.4 Å². The molecule has 2 atom stereocenters. The Labute approximate surface area is 166 Å². The number of rotatable bonds is 7. The third kappa shape index (κ3) is 7.45. The molecule has 0 spiro atoms. The lowest BCUT2D eigenvalue weighted by molar-refractivity contribution is -0.122. The fourth-order valence-electron chi connectivity index (χ4n) is 2.77. The maximum absolute atomic E-state index is 12.4. The summed E-state index contributed by atoms with van der Waals surface area (Å²) < 4.78 is 27.2. The Hall–Kier alpha value is -1.68. The molecule has 27 heavy (non-hydrogen) atoms. The van der Waals surface area contributed by atoms with E-state index in [4.69, 9.17) is 0 Å². The number of benzene rings is 1. The number of nitrogens with one attached hydrogen (secondary N) is 4. The van der Waals surface area contributed by atoms with Crippen LogP contribution in [0.1, 0.15) is 26.7 Å². The van der Waals surface area contributed by atoms with Crippen molar-refractivity contribution in [2.75, 3.05) is 25.0 Å². The smallest absolute Gasteiger partial charge is 0.241 e. The van der Waals surface area contributed by atoms with Gasteiger partial charge in [-0.05, 0) is 63.0 Å². The molecule has 0 aliphatic carbocycles. The van der Waals surface area contributed by atoms with Crippen molar-refractivity contribution >= 4 is 39.9 Å². The first-order valence-electron chi connectivity index (χ1n) is 8.66. The van der Waals surface area contributed by atoms with Crippen molar-refractivity contribution < 1.29 is 18.0 Å². The fourth-order valence-corrected chi connectivity index (χ4v) is 3.97. The second kappa shape index (κ2) is 10.6. The number of carbonyl (C=O) groups excluding carboxylic acids is 2. The van der Waals surface area contributed by atoms with E-state index in [1.54, 1.807) is 0 Å². The summed E-state index contributed by atoms with van der Waals surface area (Å²) in [4.78, 5) is 23.2. The van der Waals surface area contributed by atoms with Crippen LogP contribution in [-0.2, 0) is 19.6 Å². The molecule has 0 bridgehead atoms. The quantitative estimate of drug-likeness (QED) is 0.523. The van der Waals surface area contributed by atoms with Crippen molar-refractivity contribution in [3.05, 3.63) is 24.3 Å². The van der Waals surface area contributed by atoms with Crippen molar-refractivity contribution in [2.24, 2.45) is 5.92 Å². The molecule has 2 unspecified atom stereocenters. The number of piperidine rings is 1. The van der Waals surface area contributed by atoms with E-state index >= 15 is 0 Å². The minimum Gasteiger partial charge on any atom is -0.354 e. The Morgan fingerprint density at radius 2 is 1.93 bits per heavy atom. The number of anilines is 1. The second-order valence-electron chi connectivity index (χ2n) is 6.51. The van der Waals surface area contributed by atoms with Crippen LogP contribution in [0.5, 0.6) is 0 Å². The molecule has 1 aromatic carbocycles. The van der Waals surface area contributed by atoms with E-state index in [2.05, 4.69) is 20.7 Å². The van der Waals surface area contributed by atoms with Gasteiger partial charge in [0.05, 0.1) is 10.9 Å². The molecule has 0 aromatic heterocycles. The molecule has 0 saturated carbocycles. The fraction of sp³-hybridized carbons (Fsp3) is 0.529. The van der Waals surface area contributed by atoms with E-state index in [9.17, 15) is 18.0 Å². The molecule has 1 saturated heterocycles. The van der Waals surface area contributed by atoms with Gasteiger partial charge in [-0.15, -0.1) is 12.4 Å². The molecule has 1 fully saturated rings. The third-order valence-electron chi connectivity index (χ3n) is 4.17. The molecule has 1 aliphatic rings. The van der Waals surface area contributed by atoms with Gasteiger partial charge in [0.15, 0.2) is 0 Å². The van der Waals surface area contributed by atoms with Gasteiger partial charge < -0.3 is 16.0 Å². The minimum atomic E-state index is -3.83. The van der Waals surface area contributed by atoms with Crippen LogP contribution in [0.3, 0.4) is 0 Å². The van der Waals surface area contributed by atoms with Gasteiger partial charge in [0.2, 0.25) is 21.8 Å². The topological polar surface area (TPSA) is 116 Å². The largest absolute Gasteiger partial charge is 0.354 e. The van der Waals surface area contributed by atoms with Gasteiger partial charge in [-0.2, -0.15) is 4.72 Å². The highest BCUT2D eigenvalue weighted by Gasteiger charge is 2.23. The highest BCUT2D eigenvalue weighted by molar-refractivity contribution is 7.89. The van der Waals surface area contributed by atoms with Gasteiger partial charge in [-0.3, -0.25) is 9.59 Å². The van der Waals surface area contributed by atoms with Crippen LogP contribution in [0, 0.1) is 5.92 Å². The van der Waals surface area contributed by atoms with Crippen molar-refractivity contribution in [1.29, 1.82) is 0 Å². The normalized spacial score (nSPS) is 18.1. The number of halogens is 1. The van der Waals surface area contributed by atoms with E-state index in [0.717, 1.165) is 25.9 Å². The van der Waals surface area contributed by atoms with Crippen LogP contribution in [0.2, 0.25) is 0 Å². The zero-order chi connectivity index (χ0) is 19.2. The molecular formula is C17H27ClN4O4S. The van der Waals surface area contributed by atoms with E-state index < -0.39 is 16.1 Å². The monoisotopic (exact) mass is 418 g/mol. The van der Waals surface area contributed by atoms with E-state index in [-0.39, 0.29) is 29.1 Å². The summed E-state index contributed by atoms with van der Waals surface area (Å²) in [6.45, 7) is 5.28. The third-order valence-corrected chi connectivity index (χ3v) is 5.73. The van der Waals surface area contributed by atoms with E-state index in [1.165, 1.54) is 38.1 Å². The molecule has 1 aliphatic heterocycles. The second-order valence-corrected chi connectivity index (χ2v) is 8.22. The summed E-state index contributed by atoms with van der Waals surface area (Å²) in [5.74, 6) is -0.218. The van der Waals surface area contributed by atoms with Crippen LogP contribution in [-0.4, -0.2) is 45.9 Å². The molecule has 4 N–H and O–H groups in total. The molecule has 1 aromatic rings. The molecule has 8 nitrogen and oxygen atoms in total. The summed E-state index contributed by atoms with van der Waals surface area (Å²) in [6.07, 6.45) is 2.13. The predicted octanol–water partition coefficient (Wildman–Crippen LogP) is 0.849. The van der Waals surface area contributed by atoms with Gasteiger partial charge in [-0.1, -0.05) is 0 Å².